The van der Waals surface area contributed by atoms with Gasteiger partial charge in [0.05, 0.1) is 6.61 Å². The van der Waals surface area contributed by atoms with Crippen LogP contribution in [0.5, 0.6) is 0 Å². The molecule has 0 rings (SSSR count). The lowest BCUT2D eigenvalue weighted by atomic mass is 10.1. The number of ether oxygens (including phenoxy) is 1. The predicted molar refractivity (Wildman–Crippen MR) is 45.2 cm³/mol. The van der Waals surface area contributed by atoms with E-state index in [1.807, 2.05) is 13.0 Å². The van der Waals surface area contributed by atoms with E-state index in [0.29, 0.717) is 13.0 Å². The van der Waals surface area contributed by atoms with Crippen LogP contribution in [0.1, 0.15) is 27.2 Å². The highest BCUT2D eigenvalue weighted by Gasteiger charge is 2.11. The van der Waals surface area contributed by atoms with Crippen LogP contribution in [-0.2, 0) is 9.53 Å². The average Bonchev–Trinajstić information content (AvgIpc) is 2.06. The van der Waals surface area contributed by atoms with Crippen LogP contribution in [0, 0.1) is 11.3 Å². The summed E-state index contributed by atoms with van der Waals surface area (Å²) in [5.74, 6) is -0.514. The molecule has 0 spiro atoms. The predicted octanol–water partition coefficient (Wildman–Crippen LogP) is 1.80. The lowest BCUT2D eigenvalue weighted by molar-refractivity contribution is -0.138. The van der Waals surface area contributed by atoms with Crippen molar-refractivity contribution in [3.8, 4) is 6.07 Å². The van der Waals surface area contributed by atoms with Crippen LogP contribution in [0.2, 0.25) is 0 Å². The molecule has 0 saturated heterocycles. The Balaban J connectivity index is 4.59. The highest BCUT2D eigenvalue weighted by molar-refractivity contribution is 5.93. The minimum Gasteiger partial charge on any atom is -0.462 e. The van der Waals surface area contributed by atoms with Crippen molar-refractivity contribution < 1.29 is 9.53 Å². The minimum absolute atomic E-state index is 0.138. The summed E-state index contributed by atoms with van der Waals surface area (Å²) in [4.78, 5) is 11.1. The van der Waals surface area contributed by atoms with Gasteiger partial charge in [-0.15, -0.1) is 0 Å². The molecule has 0 aliphatic rings. The Kier molecular flexibility index (Phi) is 4.78. The van der Waals surface area contributed by atoms with Crippen molar-refractivity contribution in [2.45, 2.75) is 27.2 Å². The number of carbonyl (C=O) groups excluding carboxylic acids is 1. The molecule has 0 bridgehead atoms. The summed E-state index contributed by atoms with van der Waals surface area (Å²) in [5.41, 5.74) is 0.912. The third-order valence-electron chi connectivity index (χ3n) is 1.55. The molecule has 0 aliphatic heterocycles. The summed E-state index contributed by atoms with van der Waals surface area (Å²) in [6.45, 7) is 5.68. The first-order chi connectivity index (χ1) is 5.67. The van der Waals surface area contributed by atoms with E-state index >= 15 is 0 Å². The number of nitrogens with zero attached hydrogens (tertiary/aromatic N) is 1. The maximum atomic E-state index is 11.1. The van der Waals surface area contributed by atoms with Gasteiger partial charge in [0.25, 0.3) is 0 Å². The molecular formula is C9H13NO2. The van der Waals surface area contributed by atoms with E-state index in [1.165, 1.54) is 0 Å². The van der Waals surface area contributed by atoms with Gasteiger partial charge in [-0.05, 0) is 25.8 Å². The highest BCUT2D eigenvalue weighted by Crippen LogP contribution is 2.08. The van der Waals surface area contributed by atoms with Crippen molar-refractivity contribution in [1.82, 2.24) is 0 Å². The molecule has 0 amide bonds. The van der Waals surface area contributed by atoms with Crippen LogP contribution in [-0.4, -0.2) is 12.6 Å². The molecule has 3 heteroatoms. The van der Waals surface area contributed by atoms with Crippen LogP contribution < -0.4 is 0 Å². The van der Waals surface area contributed by atoms with Crippen LogP contribution in [0.3, 0.4) is 0 Å². The lowest BCUT2D eigenvalue weighted by Crippen LogP contribution is -2.07. The quantitative estimate of drug-likeness (QED) is 0.366. The van der Waals surface area contributed by atoms with Gasteiger partial charge >= 0.3 is 5.97 Å². The molecular weight excluding hydrogens is 154 g/mol. The summed E-state index contributed by atoms with van der Waals surface area (Å²) in [7, 11) is 0. The second-order valence-corrected chi connectivity index (χ2v) is 2.34. The number of esters is 1. The fraction of sp³-hybridized carbons (Fsp3) is 0.556. The Morgan fingerprint density at radius 2 is 2.08 bits per heavy atom. The van der Waals surface area contributed by atoms with Crippen LogP contribution in [0.4, 0.5) is 0 Å². The first-order valence-electron chi connectivity index (χ1n) is 3.94. The molecule has 0 aliphatic carbocycles. The van der Waals surface area contributed by atoms with E-state index in [1.54, 1.807) is 13.8 Å². The van der Waals surface area contributed by atoms with Gasteiger partial charge in [-0.25, -0.2) is 4.79 Å². The molecule has 0 fully saturated rings. The molecule has 0 heterocycles. The zero-order valence-electron chi connectivity index (χ0n) is 7.68. The zero-order valence-corrected chi connectivity index (χ0v) is 7.68. The molecule has 0 aromatic heterocycles. The van der Waals surface area contributed by atoms with Crippen LogP contribution in [0.25, 0.3) is 0 Å². The van der Waals surface area contributed by atoms with E-state index < -0.39 is 5.97 Å². The maximum absolute atomic E-state index is 11.1. The minimum atomic E-state index is -0.514. The molecule has 66 valence electrons. The van der Waals surface area contributed by atoms with E-state index in [0.717, 1.165) is 5.57 Å². The smallest absolute Gasteiger partial charge is 0.348 e. The molecule has 0 atom stereocenters. The van der Waals surface area contributed by atoms with Gasteiger partial charge in [-0.1, -0.05) is 6.92 Å². The van der Waals surface area contributed by atoms with E-state index in [-0.39, 0.29) is 5.57 Å². The van der Waals surface area contributed by atoms with Crippen LogP contribution >= 0.6 is 0 Å². The largest absolute Gasteiger partial charge is 0.462 e. The first-order valence-corrected chi connectivity index (χ1v) is 3.94. The van der Waals surface area contributed by atoms with Crippen molar-refractivity contribution in [3.05, 3.63) is 11.1 Å². The fourth-order valence-electron chi connectivity index (χ4n) is 0.695. The Morgan fingerprint density at radius 1 is 1.50 bits per heavy atom. The van der Waals surface area contributed by atoms with Gasteiger partial charge in [0.15, 0.2) is 0 Å². The van der Waals surface area contributed by atoms with Gasteiger partial charge in [0.2, 0.25) is 0 Å². The van der Waals surface area contributed by atoms with Crippen molar-refractivity contribution in [1.29, 1.82) is 5.26 Å². The van der Waals surface area contributed by atoms with Gasteiger partial charge < -0.3 is 4.74 Å². The molecule has 0 saturated carbocycles. The molecule has 0 N–H and O–H groups in total. The lowest BCUT2D eigenvalue weighted by Gasteiger charge is -2.01. The monoisotopic (exact) mass is 167 g/mol. The second kappa shape index (κ2) is 5.36. The Hall–Kier alpha value is -1.30. The van der Waals surface area contributed by atoms with E-state index in [2.05, 4.69) is 0 Å². The number of allylic oxidation sites excluding steroid dienone is 1. The van der Waals surface area contributed by atoms with Crippen molar-refractivity contribution >= 4 is 5.97 Å². The second-order valence-electron chi connectivity index (χ2n) is 2.34. The number of rotatable bonds is 3. The number of hydrogen-bond donors (Lipinski definition) is 0. The highest BCUT2D eigenvalue weighted by atomic mass is 16.5. The normalized spacial score (nSPS) is 11.5. The average molecular weight is 167 g/mol. The molecule has 0 radical (unpaired) electrons. The van der Waals surface area contributed by atoms with Crippen molar-refractivity contribution in [3.63, 3.8) is 0 Å². The zero-order chi connectivity index (χ0) is 9.56. The summed E-state index contributed by atoms with van der Waals surface area (Å²) in [5, 5.41) is 8.62. The van der Waals surface area contributed by atoms with Crippen molar-refractivity contribution in [2.75, 3.05) is 6.61 Å². The topological polar surface area (TPSA) is 50.1 Å². The summed E-state index contributed by atoms with van der Waals surface area (Å²) < 4.78 is 4.70. The van der Waals surface area contributed by atoms with Crippen LogP contribution in [0.15, 0.2) is 11.1 Å². The Morgan fingerprint density at radius 3 is 2.42 bits per heavy atom. The Bertz CT molecular complexity index is 235. The summed E-state index contributed by atoms with van der Waals surface area (Å²) >= 11 is 0. The molecule has 3 nitrogen and oxygen atoms in total. The number of carbonyl (C=O) groups is 1. The maximum Gasteiger partial charge on any atom is 0.348 e. The third kappa shape index (κ3) is 2.75. The molecule has 12 heavy (non-hydrogen) atoms. The van der Waals surface area contributed by atoms with Gasteiger partial charge in [-0.2, -0.15) is 5.26 Å². The van der Waals surface area contributed by atoms with Gasteiger partial charge in [0, 0.05) is 0 Å². The molecule has 0 aromatic carbocycles. The third-order valence-corrected chi connectivity index (χ3v) is 1.55. The Labute approximate surface area is 72.6 Å². The van der Waals surface area contributed by atoms with Gasteiger partial charge in [-0.3, -0.25) is 0 Å². The SMILES string of the molecule is CCOC(=O)C(C#N)=C(C)CC. The number of hydrogen-bond acceptors (Lipinski definition) is 3. The van der Waals surface area contributed by atoms with Gasteiger partial charge in [0.1, 0.15) is 11.6 Å². The number of nitriles is 1. The fourth-order valence-corrected chi connectivity index (χ4v) is 0.695. The standard InChI is InChI=1S/C9H13NO2/c1-4-7(3)8(6-10)9(11)12-5-2/h4-5H2,1-3H3. The molecule has 0 unspecified atom stereocenters. The first kappa shape index (κ1) is 10.7. The molecule has 0 aromatic rings. The summed E-state index contributed by atoms with van der Waals surface area (Å²) in [6.07, 6.45) is 0.696. The van der Waals surface area contributed by atoms with E-state index in [9.17, 15) is 4.79 Å². The van der Waals surface area contributed by atoms with Crippen molar-refractivity contribution in [2.24, 2.45) is 0 Å². The van der Waals surface area contributed by atoms with E-state index in [4.69, 9.17) is 10.00 Å². The summed E-state index contributed by atoms with van der Waals surface area (Å²) in [6, 6.07) is 1.84.